The van der Waals surface area contributed by atoms with E-state index in [9.17, 15) is 0 Å². The van der Waals surface area contributed by atoms with Crippen molar-refractivity contribution >= 4 is 21.4 Å². The van der Waals surface area contributed by atoms with Crippen LogP contribution in [-0.4, -0.2) is 12.6 Å². The molecular formula is C17H24N2S. The molecule has 0 amide bonds. The zero-order chi connectivity index (χ0) is 14.2. The summed E-state index contributed by atoms with van der Waals surface area (Å²) >= 11 is 1.82. The third-order valence-electron chi connectivity index (χ3n) is 4.53. The molecule has 1 aromatic carbocycles. The summed E-state index contributed by atoms with van der Waals surface area (Å²) in [6, 6.07) is 9.51. The van der Waals surface area contributed by atoms with Gasteiger partial charge in [0.25, 0.3) is 0 Å². The van der Waals surface area contributed by atoms with E-state index in [4.69, 9.17) is 5.73 Å². The van der Waals surface area contributed by atoms with Gasteiger partial charge in [-0.05, 0) is 47.1 Å². The largest absolute Gasteiger partial charge is 0.329 e. The van der Waals surface area contributed by atoms with E-state index in [1.165, 1.54) is 34.9 Å². The minimum atomic E-state index is 0.282. The molecule has 1 saturated carbocycles. The van der Waals surface area contributed by atoms with Crippen LogP contribution in [0.3, 0.4) is 0 Å². The predicted molar refractivity (Wildman–Crippen MR) is 88.2 cm³/mol. The van der Waals surface area contributed by atoms with Crippen molar-refractivity contribution in [3.63, 3.8) is 0 Å². The molecule has 0 spiro atoms. The second-order valence-corrected chi connectivity index (χ2v) is 7.66. The number of hydrogen-bond donors (Lipinski definition) is 2. The molecule has 108 valence electrons. The van der Waals surface area contributed by atoms with Crippen LogP contribution in [-0.2, 0) is 0 Å². The van der Waals surface area contributed by atoms with Crippen LogP contribution in [0, 0.1) is 5.41 Å². The molecule has 0 aliphatic heterocycles. The van der Waals surface area contributed by atoms with Gasteiger partial charge in [-0.15, -0.1) is 11.3 Å². The Bertz CT molecular complexity index is 587. The normalized spacial score (nSPS) is 23.2. The molecule has 0 bridgehead atoms. The van der Waals surface area contributed by atoms with E-state index in [-0.39, 0.29) is 6.04 Å². The molecule has 0 saturated heterocycles. The van der Waals surface area contributed by atoms with E-state index in [1.54, 1.807) is 0 Å². The van der Waals surface area contributed by atoms with Crippen LogP contribution in [0.5, 0.6) is 0 Å². The first-order chi connectivity index (χ1) is 9.59. The molecule has 1 aliphatic carbocycles. The Kier molecular flexibility index (Phi) is 3.85. The number of rotatable bonds is 4. The van der Waals surface area contributed by atoms with Crippen molar-refractivity contribution in [1.82, 2.24) is 5.32 Å². The third kappa shape index (κ3) is 2.76. The van der Waals surface area contributed by atoms with Gasteiger partial charge in [-0.2, -0.15) is 0 Å². The summed E-state index contributed by atoms with van der Waals surface area (Å²) in [5.41, 5.74) is 7.90. The fourth-order valence-electron chi connectivity index (χ4n) is 3.42. The quantitative estimate of drug-likeness (QED) is 0.890. The van der Waals surface area contributed by atoms with Crippen LogP contribution in [0.2, 0.25) is 0 Å². The number of nitrogens with two attached hydrogens (primary N) is 1. The van der Waals surface area contributed by atoms with E-state index in [2.05, 4.69) is 48.8 Å². The van der Waals surface area contributed by atoms with Gasteiger partial charge in [-0.1, -0.05) is 32.0 Å². The van der Waals surface area contributed by atoms with Gasteiger partial charge >= 0.3 is 0 Å². The SMILES string of the molecule is CC1(C)CCC(NC(CN)c2csc3ccccc23)C1. The molecule has 2 unspecified atom stereocenters. The second-order valence-electron chi connectivity index (χ2n) is 6.75. The maximum atomic E-state index is 6.04. The van der Waals surface area contributed by atoms with Gasteiger partial charge in [0.1, 0.15) is 0 Å². The Morgan fingerprint density at radius 1 is 1.40 bits per heavy atom. The molecule has 1 fully saturated rings. The average Bonchev–Trinajstić information content (AvgIpc) is 2.99. The van der Waals surface area contributed by atoms with Gasteiger partial charge in [0.15, 0.2) is 0 Å². The molecule has 2 atom stereocenters. The number of benzene rings is 1. The third-order valence-corrected chi connectivity index (χ3v) is 5.51. The number of nitrogens with one attached hydrogen (secondary N) is 1. The highest BCUT2D eigenvalue weighted by molar-refractivity contribution is 7.17. The molecule has 1 aliphatic rings. The lowest BCUT2D eigenvalue weighted by Gasteiger charge is -2.23. The Labute approximate surface area is 125 Å². The maximum absolute atomic E-state index is 6.04. The summed E-state index contributed by atoms with van der Waals surface area (Å²) in [6.45, 7) is 5.40. The molecule has 0 radical (unpaired) electrons. The highest BCUT2D eigenvalue weighted by atomic mass is 32.1. The summed E-state index contributed by atoms with van der Waals surface area (Å²) < 4.78 is 1.36. The Balaban J connectivity index is 1.80. The van der Waals surface area contributed by atoms with Crippen molar-refractivity contribution in [3.05, 3.63) is 35.2 Å². The number of thiophene rings is 1. The van der Waals surface area contributed by atoms with Crippen LogP contribution in [0.1, 0.15) is 44.7 Å². The highest BCUT2D eigenvalue weighted by Crippen LogP contribution is 2.38. The van der Waals surface area contributed by atoms with Crippen molar-refractivity contribution < 1.29 is 0 Å². The van der Waals surface area contributed by atoms with Gasteiger partial charge in [-0.3, -0.25) is 0 Å². The summed E-state index contributed by atoms with van der Waals surface area (Å²) in [5, 5.41) is 7.43. The standard InChI is InChI=1S/C17H24N2S/c1-17(2)8-7-12(9-17)19-15(10-18)14-11-20-16-6-4-3-5-13(14)16/h3-6,11-12,15,19H,7-10,18H2,1-2H3. The molecule has 2 nitrogen and oxygen atoms in total. The van der Waals surface area contributed by atoms with Crippen molar-refractivity contribution in [1.29, 1.82) is 0 Å². The molecule has 1 aromatic heterocycles. The average molecular weight is 288 g/mol. The zero-order valence-corrected chi connectivity index (χ0v) is 13.2. The smallest absolute Gasteiger partial charge is 0.0461 e. The predicted octanol–water partition coefficient (Wildman–Crippen LogP) is 4.07. The fourth-order valence-corrected chi connectivity index (χ4v) is 4.43. The monoisotopic (exact) mass is 288 g/mol. The first-order valence-corrected chi connectivity index (χ1v) is 8.39. The topological polar surface area (TPSA) is 38.0 Å². The van der Waals surface area contributed by atoms with E-state index in [0.29, 0.717) is 18.0 Å². The van der Waals surface area contributed by atoms with Crippen LogP contribution >= 0.6 is 11.3 Å². The fraction of sp³-hybridized carbons (Fsp3) is 0.529. The summed E-state index contributed by atoms with van der Waals surface area (Å²) in [4.78, 5) is 0. The maximum Gasteiger partial charge on any atom is 0.0461 e. The van der Waals surface area contributed by atoms with E-state index in [0.717, 1.165) is 0 Å². The van der Waals surface area contributed by atoms with Gasteiger partial charge in [-0.25, -0.2) is 0 Å². The van der Waals surface area contributed by atoms with Crippen LogP contribution in [0.25, 0.3) is 10.1 Å². The minimum Gasteiger partial charge on any atom is -0.329 e. The Morgan fingerprint density at radius 2 is 2.20 bits per heavy atom. The first-order valence-electron chi connectivity index (χ1n) is 7.51. The zero-order valence-electron chi connectivity index (χ0n) is 12.4. The molecule has 2 aromatic rings. The first kappa shape index (κ1) is 14.1. The lowest BCUT2D eigenvalue weighted by Crippen LogP contribution is -2.35. The van der Waals surface area contributed by atoms with Crippen molar-refractivity contribution in [2.45, 2.75) is 45.2 Å². The second kappa shape index (κ2) is 5.47. The molecule has 20 heavy (non-hydrogen) atoms. The summed E-state index contributed by atoms with van der Waals surface area (Å²) in [6.07, 6.45) is 3.84. The van der Waals surface area contributed by atoms with Crippen molar-refractivity contribution in [3.8, 4) is 0 Å². The van der Waals surface area contributed by atoms with Crippen molar-refractivity contribution in [2.24, 2.45) is 11.1 Å². The van der Waals surface area contributed by atoms with Crippen LogP contribution in [0.15, 0.2) is 29.6 Å². The van der Waals surface area contributed by atoms with E-state index < -0.39 is 0 Å². The van der Waals surface area contributed by atoms with Crippen molar-refractivity contribution in [2.75, 3.05) is 6.54 Å². The van der Waals surface area contributed by atoms with Crippen LogP contribution < -0.4 is 11.1 Å². The summed E-state index contributed by atoms with van der Waals surface area (Å²) in [5.74, 6) is 0. The summed E-state index contributed by atoms with van der Waals surface area (Å²) in [7, 11) is 0. The number of fused-ring (bicyclic) bond motifs is 1. The lowest BCUT2D eigenvalue weighted by molar-refractivity contribution is 0.354. The molecule has 3 heteroatoms. The van der Waals surface area contributed by atoms with E-state index >= 15 is 0 Å². The van der Waals surface area contributed by atoms with Gasteiger partial charge < -0.3 is 11.1 Å². The molecule has 3 rings (SSSR count). The number of hydrogen-bond acceptors (Lipinski definition) is 3. The Hall–Kier alpha value is -0.900. The van der Waals surface area contributed by atoms with Gasteiger partial charge in [0, 0.05) is 23.3 Å². The van der Waals surface area contributed by atoms with E-state index in [1.807, 2.05) is 11.3 Å². The molecule has 1 heterocycles. The molecular weight excluding hydrogens is 264 g/mol. The van der Waals surface area contributed by atoms with Gasteiger partial charge in [0.2, 0.25) is 0 Å². The molecule has 3 N–H and O–H groups in total. The minimum absolute atomic E-state index is 0.282. The van der Waals surface area contributed by atoms with Crippen LogP contribution in [0.4, 0.5) is 0 Å². The Morgan fingerprint density at radius 3 is 2.90 bits per heavy atom. The highest BCUT2D eigenvalue weighted by Gasteiger charge is 2.32. The lowest BCUT2D eigenvalue weighted by atomic mass is 9.91. The van der Waals surface area contributed by atoms with Gasteiger partial charge in [0.05, 0.1) is 0 Å².